The molecule has 3 rings (SSSR count). The van der Waals surface area contributed by atoms with E-state index in [0.717, 1.165) is 61.2 Å². The zero-order valence-corrected chi connectivity index (χ0v) is 15.1. The van der Waals surface area contributed by atoms with Gasteiger partial charge in [0.1, 0.15) is 0 Å². The van der Waals surface area contributed by atoms with E-state index in [9.17, 15) is 4.79 Å². The molecule has 1 aromatic carbocycles. The van der Waals surface area contributed by atoms with Gasteiger partial charge in [0.15, 0.2) is 0 Å². The average molecular weight is 360 g/mol. The molecule has 6 nitrogen and oxygen atoms in total. The zero-order chi connectivity index (χ0) is 17.5. The molecule has 1 aliphatic heterocycles. The molecule has 1 saturated heterocycles. The van der Waals surface area contributed by atoms with Gasteiger partial charge in [-0.1, -0.05) is 0 Å². The van der Waals surface area contributed by atoms with E-state index in [2.05, 4.69) is 15.2 Å². The van der Waals surface area contributed by atoms with Gasteiger partial charge in [0.25, 0.3) is 0 Å². The lowest BCUT2D eigenvalue weighted by molar-refractivity contribution is -0.115. The highest BCUT2D eigenvalue weighted by molar-refractivity contribution is 7.09. The first-order chi connectivity index (χ1) is 12.2. The van der Waals surface area contributed by atoms with Gasteiger partial charge >= 0.3 is 0 Å². The van der Waals surface area contributed by atoms with Crippen molar-refractivity contribution in [3.05, 3.63) is 40.3 Å². The Kier molecular flexibility index (Phi) is 6.38. The molecule has 0 atom stereocenters. The van der Waals surface area contributed by atoms with Crippen molar-refractivity contribution < 1.29 is 9.53 Å². The minimum atomic E-state index is -0.0465. The Balaban J connectivity index is 1.51. The molecular weight excluding hydrogens is 336 g/mol. The Morgan fingerprint density at radius 1 is 1.28 bits per heavy atom. The van der Waals surface area contributed by atoms with Gasteiger partial charge in [0.05, 0.1) is 30.3 Å². The summed E-state index contributed by atoms with van der Waals surface area (Å²) in [7, 11) is 0. The predicted octanol–water partition coefficient (Wildman–Crippen LogP) is 2.05. The fourth-order valence-electron chi connectivity index (χ4n) is 2.75. The van der Waals surface area contributed by atoms with Gasteiger partial charge < -0.3 is 20.7 Å². The van der Waals surface area contributed by atoms with Crippen LogP contribution in [0.4, 0.5) is 11.4 Å². The van der Waals surface area contributed by atoms with Crippen LogP contribution in [0.2, 0.25) is 0 Å². The summed E-state index contributed by atoms with van der Waals surface area (Å²) in [5, 5.41) is 5.93. The first-order valence-corrected chi connectivity index (χ1v) is 9.48. The van der Waals surface area contributed by atoms with Crippen molar-refractivity contribution in [2.75, 3.05) is 43.1 Å². The first-order valence-electron chi connectivity index (χ1n) is 8.60. The lowest BCUT2D eigenvalue weighted by Gasteiger charge is -2.28. The van der Waals surface area contributed by atoms with E-state index in [1.165, 1.54) is 0 Å². The summed E-state index contributed by atoms with van der Waals surface area (Å²) >= 11 is 1.59. The van der Waals surface area contributed by atoms with Crippen LogP contribution >= 0.6 is 11.3 Å². The van der Waals surface area contributed by atoms with Crippen LogP contribution in [0.15, 0.2) is 29.6 Å². The number of hydrogen-bond acceptors (Lipinski definition) is 6. The SMILES string of the molecule is NCCCc1nc(CC(=O)Nc2ccc(N3CCOCC3)cc2)cs1. The fourth-order valence-corrected chi connectivity index (χ4v) is 3.59. The third-order valence-corrected chi connectivity index (χ3v) is 5.02. The van der Waals surface area contributed by atoms with Gasteiger partial charge in [-0.2, -0.15) is 0 Å². The summed E-state index contributed by atoms with van der Waals surface area (Å²) in [5.41, 5.74) is 8.29. The van der Waals surface area contributed by atoms with Crippen LogP contribution in [-0.4, -0.2) is 43.7 Å². The van der Waals surface area contributed by atoms with Gasteiger partial charge in [0.2, 0.25) is 5.91 Å². The Labute approximate surface area is 152 Å². The highest BCUT2D eigenvalue weighted by atomic mass is 32.1. The maximum atomic E-state index is 12.2. The van der Waals surface area contributed by atoms with Crippen molar-refractivity contribution in [1.82, 2.24) is 4.98 Å². The first kappa shape index (κ1) is 17.8. The maximum Gasteiger partial charge on any atom is 0.230 e. The Hall–Kier alpha value is -1.96. The highest BCUT2D eigenvalue weighted by Crippen LogP contribution is 2.19. The number of nitrogens with one attached hydrogen (secondary N) is 1. The molecule has 0 spiro atoms. The molecule has 25 heavy (non-hydrogen) atoms. The number of ether oxygens (including phenoxy) is 1. The molecule has 7 heteroatoms. The van der Waals surface area contributed by atoms with E-state index in [4.69, 9.17) is 10.5 Å². The molecule has 2 heterocycles. The Morgan fingerprint density at radius 2 is 2.04 bits per heavy atom. The number of anilines is 2. The van der Waals surface area contributed by atoms with Crippen molar-refractivity contribution in [3.8, 4) is 0 Å². The molecule has 1 aliphatic rings. The Morgan fingerprint density at radius 3 is 2.76 bits per heavy atom. The molecule has 1 aromatic heterocycles. The minimum absolute atomic E-state index is 0.0465. The fraction of sp³-hybridized carbons (Fsp3) is 0.444. The number of rotatable bonds is 7. The van der Waals surface area contributed by atoms with E-state index >= 15 is 0 Å². The van der Waals surface area contributed by atoms with Crippen molar-refractivity contribution in [1.29, 1.82) is 0 Å². The molecule has 0 bridgehead atoms. The van der Waals surface area contributed by atoms with Crippen LogP contribution in [-0.2, 0) is 22.4 Å². The van der Waals surface area contributed by atoms with Crippen molar-refractivity contribution in [2.24, 2.45) is 5.73 Å². The van der Waals surface area contributed by atoms with Crippen LogP contribution in [0.25, 0.3) is 0 Å². The quantitative estimate of drug-likeness (QED) is 0.790. The summed E-state index contributed by atoms with van der Waals surface area (Å²) in [6, 6.07) is 7.95. The summed E-state index contributed by atoms with van der Waals surface area (Å²) in [4.78, 5) is 19.0. The molecule has 3 N–H and O–H groups in total. The predicted molar refractivity (Wildman–Crippen MR) is 101 cm³/mol. The van der Waals surface area contributed by atoms with Gasteiger partial charge in [-0.3, -0.25) is 4.79 Å². The second-order valence-electron chi connectivity index (χ2n) is 6.00. The standard InChI is InChI=1S/C18H24N4O2S/c19-7-1-2-18-21-15(13-25-18)12-17(23)20-14-3-5-16(6-4-14)22-8-10-24-11-9-22/h3-6,13H,1-2,7-12,19H2,(H,20,23). The van der Waals surface area contributed by atoms with Crippen molar-refractivity contribution in [2.45, 2.75) is 19.3 Å². The largest absolute Gasteiger partial charge is 0.378 e. The zero-order valence-electron chi connectivity index (χ0n) is 14.2. The topological polar surface area (TPSA) is 80.5 Å². The number of aryl methyl sites for hydroxylation is 1. The number of nitrogens with two attached hydrogens (primary N) is 1. The van der Waals surface area contributed by atoms with E-state index < -0.39 is 0 Å². The lowest BCUT2D eigenvalue weighted by Crippen LogP contribution is -2.36. The molecule has 1 amide bonds. The number of aromatic nitrogens is 1. The van der Waals surface area contributed by atoms with Gasteiger partial charge in [-0.25, -0.2) is 4.98 Å². The lowest BCUT2D eigenvalue weighted by atomic mass is 10.2. The molecule has 0 aliphatic carbocycles. The maximum absolute atomic E-state index is 12.2. The number of carbonyl (C=O) groups excluding carboxylic acids is 1. The second-order valence-corrected chi connectivity index (χ2v) is 6.94. The molecular formula is C18H24N4O2S. The molecule has 0 saturated carbocycles. The number of nitrogens with zero attached hydrogens (tertiary/aromatic N) is 2. The van der Waals surface area contributed by atoms with E-state index in [0.29, 0.717) is 13.0 Å². The summed E-state index contributed by atoms with van der Waals surface area (Å²) < 4.78 is 5.37. The number of thiazole rings is 1. The normalized spacial score (nSPS) is 14.5. The van der Waals surface area contributed by atoms with Crippen molar-refractivity contribution >= 4 is 28.6 Å². The summed E-state index contributed by atoms with van der Waals surface area (Å²) in [6.45, 7) is 4.00. The number of carbonyl (C=O) groups is 1. The highest BCUT2D eigenvalue weighted by Gasteiger charge is 2.12. The third kappa shape index (κ3) is 5.26. The molecule has 2 aromatic rings. The minimum Gasteiger partial charge on any atom is -0.378 e. The summed E-state index contributed by atoms with van der Waals surface area (Å²) in [6.07, 6.45) is 2.10. The van der Waals surface area contributed by atoms with Gasteiger partial charge in [-0.15, -0.1) is 11.3 Å². The average Bonchev–Trinajstić information content (AvgIpc) is 3.08. The molecule has 0 radical (unpaired) electrons. The number of amides is 1. The van der Waals surface area contributed by atoms with Crippen LogP contribution in [0.3, 0.4) is 0 Å². The van der Waals surface area contributed by atoms with Crippen LogP contribution in [0.5, 0.6) is 0 Å². The van der Waals surface area contributed by atoms with Gasteiger partial charge in [-0.05, 0) is 37.2 Å². The number of morpholine rings is 1. The van der Waals surface area contributed by atoms with E-state index in [1.807, 2.05) is 29.6 Å². The molecule has 134 valence electrons. The van der Waals surface area contributed by atoms with Crippen LogP contribution in [0, 0.1) is 0 Å². The monoisotopic (exact) mass is 360 g/mol. The smallest absolute Gasteiger partial charge is 0.230 e. The van der Waals surface area contributed by atoms with E-state index in [1.54, 1.807) is 11.3 Å². The molecule has 1 fully saturated rings. The van der Waals surface area contributed by atoms with E-state index in [-0.39, 0.29) is 5.91 Å². The number of hydrogen-bond donors (Lipinski definition) is 2. The second kappa shape index (κ2) is 8.94. The third-order valence-electron chi connectivity index (χ3n) is 4.06. The van der Waals surface area contributed by atoms with Crippen LogP contribution < -0.4 is 16.0 Å². The van der Waals surface area contributed by atoms with Crippen LogP contribution in [0.1, 0.15) is 17.1 Å². The molecule has 0 unspecified atom stereocenters. The Bertz CT molecular complexity index is 681. The summed E-state index contributed by atoms with van der Waals surface area (Å²) in [5.74, 6) is -0.0465. The number of benzene rings is 1. The van der Waals surface area contributed by atoms with Gasteiger partial charge in [0, 0.05) is 36.3 Å². The van der Waals surface area contributed by atoms with Crippen molar-refractivity contribution in [3.63, 3.8) is 0 Å².